The number of aromatic nitrogens is 3. The largest absolute Gasteiger partial charge is 0.369 e. The predicted molar refractivity (Wildman–Crippen MR) is 98.2 cm³/mol. The molecular weight excluding hydrogens is 366 g/mol. The summed E-state index contributed by atoms with van der Waals surface area (Å²) in [6.07, 6.45) is 1.65. The van der Waals surface area contributed by atoms with Gasteiger partial charge in [-0.3, -0.25) is 14.2 Å². The van der Waals surface area contributed by atoms with E-state index in [-0.39, 0.29) is 23.5 Å². The normalized spacial score (nSPS) is 20.5. The van der Waals surface area contributed by atoms with Crippen LogP contribution in [0, 0.1) is 0 Å². The Kier molecular flexibility index (Phi) is 5.04. The van der Waals surface area contributed by atoms with Gasteiger partial charge in [0.25, 0.3) is 12.3 Å². The van der Waals surface area contributed by atoms with Crippen molar-refractivity contribution in [2.75, 3.05) is 13.1 Å². The summed E-state index contributed by atoms with van der Waals surface area (Å²) in [5.74, 6) is -0.474. The first-order valence-electron chi connectivity index (χ1n) is 9.14. The summed E-state index contributed by atoms with van der Waals surface area (Å²) in [7, 11) is 0. The Bertz CT molecular complexity index is 977. The lowest BCUT2D eigenvalue weighted by Crippen LogP contribution is -2.37. The number of imidazole rings is 1. The van der Waals surface area contributed by atoms with Crippen LogP contribution >= 0.6 is 0 Å². The molecule has 0 spiro atoms. The molecule has 3 heterocycles. The number of fused-ring (bicyclic) bond motifs is 1. The van der Waals surface area contributed by atoms with Crippen molar-refractivity contribution in [2.45, 2.75) is 32.0 Å². The number of hydrogen-bond acceptors (Lipinski definition) is 4. The van der Waals surface area contributed by atoms with E-state index in [0.29, 0.717) is 19.5 Å². The molecule has 1 aliphatic heterocycles. The average Bonchev–Trinajstić information content (AvgIpc) is 2.98. The highest BCUT2D eigenvalue weighted by atomic mass is 19.3. The van der Waals surface area contributed by atoms with Crippen LogP contribution in [0.2, 0.25) is 0 Å². The molecule has 4 rings (SSSR count). The Labute approximate surface area is 160 Å². The molecule has 8 heteroatoms. The van der Waals surface area contributed by atoms with Gasteiger partial charge in [0, 0.05) is 25.5 Å². The summed E-state index contributed by atoms with van der Waals surface area (Å²) in [5.41, 5.74) is 0.633. The highest BCUT2D eigenvalue weighted by molar-refractivity contribution is 5.95. The van der Waals surface area contributed by atoms with E-state index in [1.807, 2.05) is 37.3 Å². The van der Waals surface area contributed by atoms with Crippen molar-refractivity contribution in [1.82, 2.24) is 19.3 Å². The first kappa shape index (κ1) is 18.5. The molecule has 1 aromatic carbocycles. The van der Waals surface area contributed by atoms with Crippen molar-refractivity contribution < 1.29 is 18.3 Å². The molecule has 2 aromatic heterocycles. The second kappa shape index (κ2) is 7.63. The van der Waals surface area contributed by atoms with Gasteiger partial charge >= 0.3 is 0 Å². The van der Waals surface area contributed by atoms with Gasteiger partial charge in [-0.1, -0.05) is 30.3 Å². The maximum absolute atomic E-state index is 13.5. The molecule has 1 amide bonds. The zero-order valence-corrected chi connectivity index (χ0v) is 15.3. The van der Waals surface area contributed by atoms with Crippen molar-refractivity contribution >= 4 is 11.6 Å². The number of amides is 1. The second-order valence-electron chi connectivity index (χ2n) is 6.84. The lowest BCUT2D eigenvalue weighted by molar-refractivity contribution is 0.00282. The molecule has 0 N–H and O–H groups in total. The Hall–Kier alpha value is -2.87. The lowest BCUT2D eigenvalue weighted by Gasteiger charge is -2.22. The molecule has 1 fully saturated rings. The molecule has 3 aromatic rings. The molecule has 1 saturated heterocycles. The maximum atomic E-state index is 13.5. The van der Waals surface area contributed by atoms with Gasteiger partial charge in [0.05, 0.1) is 18.4 Å². The molecule has 0 saturated carbocycles. The topological polar surface area (TPSA) is 59.7 Å². The number of hydrogen-bond donors (Lipinski definition) is 0. The molecule has 0 aliphatic carbocycles. The highest BCUT2D eigenvalue weighted by Gasteiger charge is 2.32. The van der Waals surface area contributed by atoms with E-state index in [4.69, 9.17) is 4.74 Å². The molecule has 146 valence electrons. The Morgan fingerprint density at radius 1 is 1.29 bits per heavy atom. The number of alkyl halides is 2. The van der Waals surface area contributed by atoms with Gasteiger partial charge in [0.15, 0.2) is 5.65 Å². The van der Waals surface area contributed by atoms with Crippen LogP contribution < -0.4 is 0 Å². The maximum Gasteiger partial charge on any atom is 0.282 e. The standard InChI is InChI=1S/C20H20F2N4O2/c1-13-12-25(9-7-15(28-13)14-5-3-2-4-6-14)20(27)18-17(19(21)22)24-16-11-23-8-10-26(16)18/h2-6,8,10-11,13,15,19H,7,9,12H2,1H3. The summed E-state index contributed by atoms with van der Waals surface area (Å²) < 4.78 is 34.5. The van der Waals surface area contributed by atoms with Crippen LogP contribution in [0.15, 0.2) is 48.9 Å². The number of carbonyl (C=O) groups is 1. The lowest BCUT2D eigenvalue weighted by atomic mass is 10.1. The average molecular weight is 386 g/mol. The van der Waals surface area contributed by atoms with Crippen molar-refractivity contribution in [1.29, 1.82) is 0 Å². The van der Waals surface area contributed by atoms with Gasteiger partial charge in [-0.25, -0.2) is 13.8 Å². The number of halogens is 2. The van der Waals surface area contributed by atoms with Crippen LogP contribution in [0.4, 0.5) is 8.78 Å². The van der Waals surface area contributed by atoms with Crippen molar-refractivity contribution in [3.8, 4) is 0 Å². The predicted octanol–water partition coefficient (Wildman–Crippen LogP) is 3.66. The summed E-state index contributed by atoms with van der Waals surface area (Å²) in [6.45, 7) is 2.61. The number of benzene rings is 1. The van der Waals surface area contributed by atoms with E-state index in [1.165, 1.54) is 23.0 Å². The van der Waals surface area contributed by atoms with E-state index in [1.54, 1.807) is 4.90 Å². The Balaban J connectivity index is 1.64. The minimum Gasteiger partial charge on any atom is -0.369 e. The highest BCUT2D eigenvalue weighted by Crippen LogP contribution is 2.29. The fraction of sp³-hybridized carbons (Fsp3) is 0.350. The van der Waals surface area contributed by atoms with E-state index in [2.05, 4.69) is 9.97 Å². The van der Waals surface area contributed by atoms with Crippen LogP contribution in [0.3, 0.4) is 0 Å². The van der Waals surface area contributed by atoms with Crippen molar-refractivity contribution in [3.05, 3.63) is 65.9 Å². The van der Waals surface area contributed by atoms with Gasteiger partial charge in [-0.2, -0.15) is 0 Å². The van der Waals surface area contributed by atoms with Gasteiger partial charge < -0.3 is 9.64 Å². The quantitative estimate of drug-likeness (QED) is 0.689. The molecule has 1 aliphatic rings. The molecular formula is C20H20F2N4O2. The number of nitrogens with zero attached hydrogens (tertiary/aromatic N) is 4. The second-order valence-corrected chi connectivity index (χ2v) is 6.84. The molecule has 6 nitrogen and oxygen atoms in total. The molecule has 2 atom stereocenters. The zero-order chi connectivity index (χ0) is 19.7. The van der Waals surface area contributed by atoms with Crippen LogP contribution in [-0.4, -0.2) is 44.4 Å². The van der Waals surface area contributed by atoms with Crippen LogP contribution in [0.5, 0.6) is 0 Å². The van der Waals surface area contributed by atoms with Crippen molar-refractivity contribution in [2.24, 2.45) is 0 Å². The monoisotopic (exact) mass is 386 g/mol. The third kappa shape index (κ3) is 3.47. The number of ether oxygens (including phenoxy) is 1. The first-order chi connectivity index (χ1) is 13.5. The smallest absolute Gasteiger partial charge is 0.282 e. The molecule has 2 unspecified atom stereocenters. The summed E-state index contributed by atoms with van der Waals surface area (Å²) in [5, 5.41) is 0. The van der Waals surface area contributed by atoms with Gasteiger partial charge in [-0.05, 0) is 18.9 Å². The van der Waals surface area contributed by atoms with Gasteiger partial charge in [0.2, 0.25) is 0 Å². The fourth-order valence-electron chi connectivity index (χ4n) is 3.60. The molecule has 28 heavy (non-hydrogen) atoms. The first-order valence-corrected chi connectivity index (χ1v) is 9.14. The fourth-order valence-corrected chi connectivity index (χ4v) is 3.60. The molecule has 0 radical (unpaired) electrons. The van der Waals surface area contributed by atoms with E-state index in [9.17, 15) is 13.6 Å². The third-order valence-electron chi connectivity index (χ3n) is 4.86. The van der Waals surface area contributed by atoms with Crippen LogP contribution in [0.25, 0.3) is 5.65 Å². The summed E-state index contributed by atoms with van der Waals surface area (Å²) in [6, 6.07) is 9.80. The van der Waals surface area contributed by atoms with E-state index in [0.717, 1.165) is 5.56 Å². The van der Waals surface area contributed by atoms with E-state index >= 15 is 0 Å². The number of carbonyl (C=O) groups excluding carboxylic acids is 1. The Morgan fingerprint density at radius 2 is 2.07 bits per heavy atom. The van der Waals surface area contributed by atoms with E-state index < -0.39 is 18.0 Å². The van der Waals surface area contributed by atoms with Gasteiger partial charge in [0.1, 0.15) is 11.4 Å². The minimum absolute atomic E-state index is 0.113. The van der Waals surface area contributed by atoms with Gasteiger partial charge in [-0.15, -0.1) is 0 Å². The molecule has 0 bridgehead atoms. The van der Waals surface area contributed by atoms with Crippen LogP contribution in [-0.2, 0) is 4.74 Å². The van der Waals surface area contributed by atoms with Crippen LogP contribution in [0.1, 0.15) is 47.6 Å². The van der Waals surface area contributed by atoms with Crippen molar-refractivity contribution in [3.63, 3.8) is 0 Å². The summed E-state index contributed by atoms with van der Waals surface area (Å²) in [4.78, 5) is 22.6. The third-order valence-corrected chi connectivity index (χ3v) is 4.86. The Morgan fingerprint density at radius 3 is 2.82 bits per heavy atom. The zero-order valence-electron chi connectivity index (χ0n) is 15.3. The SMILES string of the molecule is CC1CN(C(=O)c2c(C(F)F)nc3cnccn23)CCC(c2ccccc2)O1. The number of rotatable bonds is 3. The minimum atomic E-state index is -2.85. The summed E-state index contributed by atoms with van der Waals surface area (Å²) >= 11 is 0.